The van der Waals surface area contributed by atoms with Crippen LogP contribution in [0.4, 0.5) is 0 Å². The number of aryl methyl sites for hydroxylation is 1. The first kappa shape index (κ1) is 11.0. The molecule has 5 nitrogen and oxygen atoms in total. The van der Waals surface area contributed by atoms with Crippen LogP contribution in [0.1, 0.15) is 25.6 Å². The molecule has 6 heteroatoms. The molecule has 1 atom stereocenters. The van der Waals surface area contributed by atoms with Gasteiger partial charge in [0.1, 0.15) is 0 Å². The van der Waals surface area contributed by atoms with Gasteiger partial charge in [0.05, 0.1) is 11.0 Å². The Balaban J connectivity index is 2.41. The van der Waals surface area contributed by atoms with Crippen LogP contribution in [-0.4, -0.2) is 26.5 Å². The maximum Gasteiger partial charge on any atom is 0.316 e. The predicted octanol–water partition coefficient (Wildman–Crippen LogP) is 1.34. The van der Waals surface area contributed by atoms with Gasteiger partial charge in [-0.2, -0.15) is 0 Å². The Hall–Kier alpha value is -1.04. The van der Waals surface area contributed by atoms with Crippen molar-refractivity contribution in [2.75, 3.05) is 0 Å². The third kappa shape index (κ3) is 3.02. The molecule has 0 amide bonds. The number of aromatic nitrogens is 2. The number of rotatable bonds is 5. The molecule has 78 valence electrons. The van der Waals surface area contributed by atoms with Gasteiger partial charge in [-0.3, -0.25) is 4.79 Å². The van der Waals surface area contributed by atoms with E-state index in [2.05, 4.69) is 10.2 Å². The largest absolute Gasteiger partial charge is 0.480 e. The van der Waals surface area contributed by atoms with Crippen molar-refractivity contribution in [1.29, 1.82) is 0 Å². The molecule has 0 bridgehead atoms. The van der Waals surface area contributed by atoms with Crippen LogP contribution in [0.2, 0.25) is 0 Å². The zero-order valence-electron chi connectivity index (χ0n) is 8.06. The van der Waals surface area contributed by atoms with Gasteiger partial charge in [-0.05, 0) is 6.92 Å². The highest BCUT2D eigenvalue weighted by molar-refractivity contribution is 7.99. The number of nitrogens with zero attached hydrogens (tertiary/aromatic N) is 2. The third-order valence-corrected chi connectivity index (χ3v) is 2.73. The van der Waals surface area contributed by atoms with Crippen molar-refractivity contribution in [1.82, 2.24) is 10.2 Å². The minimum Gasteiger partial charge on any atom is -0.480 e. The predicted molar refractivity (Wildman–Crippen MR) is 52.1 cm³/mol. The Morgan fingerprint density at radius 3 is 2.71 bits per heavy atom. The van der Waals surface area contributed by atoms with Gasteiger partial charge < -0.3 is 9.52 Å². The molecule has 0 aliphatic rings. The van der Waals surface area contributed by atoms with E-state index >= 15 is 0 Å². The summed E-state index contributed by atoms with van der Waals surface area (Å²) in [4.78, 5) is 10.5. The van der Waals surface area contributed by atoms with Crippen LogP contribution < -0.4 is 0 Å². The van der Waals surface area contributed by atoms with Crippen LogP contribution in [0.5, 0.6) is 0 Å². The van der Waals surface area contributed by atoms with E-state index in [4.69, 9.17) is 9.52 Å². The summed E-state index contributed by atoms with van der Waals surface area (Å²) in [7, 11) is 0. The number of carboxylic acid groups (broad SMARTS) is 1. The molecule has 1 aromatic rings. The van der Waals surface area contributed by atoms with E-state index in [0.29, 0.717) is 24.0 Å². The molecule has 0 fully saturated rings. The smallest absolute Gasteiger partial charge is 0.316 e. The summed E-state index contributed by atoms with van der Waals surface area (Å²) in [6.45, 7) is 3.55. The number of aliphatic carboxylic acids is 1. The van der Waals surface area contributed by atoms with Gasteiger partial charge in [0.2, 0.25) is 11.8 Å². The number of carboxylic acids is 1. The molecule has 14 heavy (non-hydrogen) atoms. The average molecular weight is 216 g/mol. The summed E-state index contributed by atoms with van der Waals surface area (Å²) in [5, 5.41) is 15.7. The van der Waals surface area contributed by atoms with Crippen LogP contribution >= 0.6 is 11.8 Å². The minimum absolute atomic E-state index is 0.445. The number of carbonyl (C=O) groups is 1. The lowest BCUT2D eigenvalue weighted by atomic mass is 10.5. The van der Waals surface area contributed by atoms with Crippen LogP contribution in [0.3, 0.4) is 0 Å². The highest BCUT2D eigenvalue weighted by Gasteiger charge is 2.13. The van der Waals surface area contributed by atoms with Gasteiger partial charge in [0, 0.05) is 6.42 Å². The lowest BCUT2D eigenvalue weighted by Crippen LogP contribution is -2.11. The molecule has 1 rings (SSSR count). The van der Waals surface area contributed by atoms with Crippen molar-refractivity contribution < 1.29 is 14.3 Å². The average Bonchev–Trinajstić information content (AvgIpc) is 2.61. The minimum atomic E-state index is -0.828. The van der Waals surface area contributed by atoms with E-state index in [1.807, 2.05) is 6.92 Å². The SMILES string of the molecule is CCc1nnc(CSC(C)C(=O)O)o1. The summed E-state index contributed by atoms with van der Waals surface area (Å²) in [5.74, 6) is 0.689. The van der Waals surface area contributed by atoms with Crippen LogP contribution in [-0.2, 0) is 17.0 Å². The van der Waals surface area contributed by atoms with E-state index in [0.717, 1.165) is 0 Å². The van der Waals surface area contributed by atoms with Crippen molar-refractivity contribution >= 4 is 17.7 Å². The summed E-state index contributed by atoms with van der Waals surface area (Å²) in [6.07, 6.45) is 0.701. The zero-order valence-corrected chi connectivity index (χ0v) is 8.87. The van der Waals surface area contributed by atoms with Crippen LogP contribution in [0, 0.1) is 0 Å². The molecule has 1 N–H and O–H groups in total. The molecule has 0 aliphatic carbocycles. The Kier molecular flexibility index (Phi) is 3.94. The molecule has 1 unspecified atom stereocenters. The van der Waals surface area contributed by atoms with Crippen molar-refractivity contribution in [3.05, 3.63) is 11.8 Å². The van der Waals surface area contributed by atoms with Gasteiger partial charge in [0.25, 0.3) is 0 Å². The molecular formula is C8H12N2O3S. The first-order valence-electron chi connectivity index (χ1n) is 4.29. The summed E-state index contributed by atoms with van der Waals surface area (Å²) in [6, 6.07) is 0. The molecular weight excluding hydrogens is 204 g/mol. The van der Waals surface area contributed by atoms with Gasteiger partial charge >= 0.3 is 5.97 Å². The third-order valence-electron chi connectivity index (χ3n) is 1.62. The lowest BCUT2D eigenvalue weighted by molar-refractivity contribution is -0.136. The van der Waals surface area contributed by atoms with Gasteiger partial charge in [-0.15, -0.1) is 22.0 Å². The Morgan fingerprint density at radius 1 is 1.57 bits per heavy atom. The molecule has 0 aliphatic heterocycles. The fourth-order valence-electron chi connectivity index (χ4n) is 0.757. The van der Waals surface area contributed by atoms with E-state index in [1.165, 1.54) is 11.8 Å². The van der Waals surface area contributed by atoms with Crippen LogP contribution in [0.15, 0.2) is 4.42 Å². The molecule has 0 saturated heterocycles. The topological polar surface area (TPSA) is 76.2 Å². The molecule has 0 aromatic carbocycles. The van der Waals surface area contributed by atoms with E-state index < -0.39 is 11.2 Å². The van der Waals surface area contributed by atoms with E-state index in [1.54, 1.807) is 6.92 Å². The molecule has 0 saturated carbocycles. The quantitative estimate of drug-likeness (QED) is 0.800. The lowest BCUT2D eigenvalue weighted by Gasteiger charge is -2.01. The number of thioether (sulfide) groups is 1. The van der Waals surface area contributed by atoms with Gasteiger partial charge in [-0.1, -0.05) is 6.92 Å². The van der Waals surface area contributed by atoms with Crippen LogP contribution in [0.25, 0.3) is 0 Å². The monoisotopic (exact) mass is 216 g/mol. The molecule has 0 spiro atoms. The Morgan fingerprint density at radius 2 is 2.21 bits per heavy atom. The van der Waals surface area contributed by atoms with E-state index in [-0.39, 0.29) is 0 Å². The number of hydrogen-bond acceptors (Lipinski definition) is 5. The number of hydrogen-bond donors (Lipinski definition) is 1. The first-order chi connectivity index (χ1) is 6.63. The van der Waals surface area contributed by atoms with Gasteiger partial charge in [-0.25, -0.2) is 0 Å². The van der Waals surface area contributed by atoms with Crippen molar-refractivity contribution in [3.63, 3.8) is 0 Å². The fraction of sp³-hybridized carbons (Fsp3) is 0.625. The van der Waals surface area contributed by atoms with E-state index in [9.17, 15) is 4.79 Å². The molecule has 1 heterocycles. The summed E-state index contributed by atoms with van der Waals surface area (Å²) in [5.41, 5.74) is 0. The summed E-state index contributed by atoms with van der Waals surface area (Å²) < 4.78 is 5.23. The highest BCUT2D eigenvalue weighted by Crippen LogP contribution is 2.16. The highest BCUT2D eigenvalue weighted by atomic mass is 32.2. The second-order valence-electron chi connectivity index (χ2n) is 2.73. The Bertz CT molecular complexity index is 313. The molecule has 0 radical (unpaired) electrons. The molecule has 1 aromatic heterocycles. The fourth-order valence-corrected chi connectivity index (χ4v) is 1.41. The zero-order chi connectivity index (χ0) is 10.6. The second-order valence-corrected chi connectivity index (χ2v) is 4.06. The maximum absolute atomic E-state index is 10.5. The van der Waals surface area contributed by atoms with Crippen molar-refractivity contribution in [2.24, 2.45) is 0 Å². The Labute approximate surface area is 85.9 Å². The maximum atomic E-state index is 10.5. The van der Waals surface area contributed by atoms with Crippen molar-refractivity contribution in [2.45, 2.75) is 31.3 Å². The van der Waals surface area contributed by atoms with Gasteiger partial charge in [0.15, 0.2) is 0 Å². The first-order valence-corrected chi connectivity index (χ1v) is 5.34. The van der Waals surface area contributed by atoms with Crippen molar-refractivity contribution in [3.8, 4) is 0 Å². The normalized spacial score (nSPS) is 12.7. The summed E-state index contributed by atoms with van der Waals surface area (Å²) >= 11 is 1.27. The second kappa shape index (κ2) is 4.99. The standard InChI is InChI=1S/C8H12N2O3S/c1-3-6-9-10-7(13-6)4-14-5(2)8(11)12/h5H,3-4H2,1-2H3,(H,11,12).